The summed E-state index contributed by atoms with van der Waals surface area (Å²) in [5.74, 6) is 0. The van der Waals surface area contributed by atoms with Crippen molar-refractivity contribution in [2.75, 3.05) is 20.6 Å². The maximum atomic E-state index is 8.60. The Kier molecular flexibility index (Phi) is 7.38. The lowest BCUT2D eigenvalue weighted by molar-refractivity contribution is -1.92. The zero-order valence-corrected chi connectivity index (χ0v) is 10.7. The summed E-state index contributed by atoms with van der Waals surface area (Å²) in [5.41, 5.74) is 1.50. The molecule has 0 aromatic rings. The first-order valence-corrected chi connectivity index (χ1v) is 5.56. The first-order valence-electron chi connectivity index (χ1n) is 4.30. The molecule has 0 spiro atoms. The third-order valence-corrected chi connectivity index (χ3v) is 1.87. The van der Waals surface area contributed by atoms with E-state index in [2.05, 4.69) is 46.3 Å². The molecule has 5 nitrogen and oxygen atoms in total. The van der Waals surface area contributed by atoms with E-state index in [0.717, 1.165) is 6.54 Å². The van der Waals surface area contributed by atoms with Crippen molar-refractivity contribution < 1.29 is 28.9 Å². The largest absolute Gasteiger partial charge is 0.309 e. The van der Waals surface area contributed by atoms with Crippen molar-refractivity contribution in [2.24, 2.45) is 5.41 Å². The minimum absolute atomic E-state index is 0.253. The molecule has 0 radical (unpaired) electrons. The van der Waals surface area contributed by atoms with Crippen LogP contribution in [-0.2, 0) is 0 Å². The van der Waals surface area contributed by atoms with E-state index in [1.54, 1.807) is 0 Å². The van der Waals surface area contributed by atoms with Gasteiger partial charge in [0.25, 0.3) is 0 Å². The molecule has 6 heteroatoms. The van der Waals surface area contributed by atoms with Gasteiger partial charge in [-0.3, -0.25) is 0 Å². The maximum absolute atomic E-state index is 8.60. The van der Waals surface area contributed by atoms with Crippen LogP contribution in [0.15, 0.2) is 12.2 Å². The van der Waals surface area contributed by atoms with Gasteiger partial charge in [0.05, 0.1) is 14.9 Å². The molecule has 0 atom stereocenters. The molecule has 0 saturated heterocycles. The molecule has 1 N–H and O–H groups in total. The van der Waals surface area contributed by atoms with Crippen LogP contribution in [0.4, 0.5) is 0 Å². The van der Waals surface area contributed by atoms with E-state index in [1.165, 1.54) is 5.57 Å². The van der Waals surface area contributed by atoms with Gasteiger partial charge in [0, 0.05) is 6.54 Å². The van der Waals surface area contributed by atoms with E-state index in [1.807, 2.05) is 0 Å². The highest BCUT2D eigenvalue weighted by atomic mass is 35.7. The van der Waals surface area contributed by atoms with Crippen LogP contribution in [0.5, 0.6) is 0 Å². The third kappa shape index (κ3) is 16.5. The smallest absolute Gasteiger partial charge is 0.0777 e. The molecule has 0 aliphatic rings. The average Bonchev–Trinajstić information content (AvgIpc) is 1.78. The molecule has 0 amide bonds. The molecule has 0 aromatic heterocycles. The molecule has 0 fully saturated rings. The van der Waals surface area contributed by atoms with Gasteiger partial charge in [-0.2, -0.15) is 14.0 Å². The normalized spacial score (nSPS) is 12.1. The number of hydrogen-bond acceptors (Lipinski definition) is 5. The Bertz CT molecular complexity index is 193. The van der Waals surface area contributed by atoms with Crippen molar-refractivity contribution in [2.45, 2.75) is 20.8 Å². The SMILES string of the molecule is C=C(C)C(C)(C)CN(C)C.[O-][Cl+3]([O-])([O-])O. The summed E-state index contributed by atoms with van der Waals surface area (Å²) in [4.78, 5) is 2.19. The molecule has 0 aliphatic heterocycles. The predicted octanol–water partition coefficient (Wildman–Crippen LogP) is -1.97. The fourth-order valence-corrected chi connectivity index (χ4v) is 0.926. The van der Waals surface area contributed by atoms with Crippen LogP contribution >= 0.6 is 0 Å². The molecule has 0 unspecified atom stereocenters. The van der Waals surface area contributed by atoms with Crippen LogP contribution in [0.1, 0.15) is 20.8 Å². The van der Waals surface area contributed by atoms with E-state index in [9.17, 15) is 0 Å². The van der Waals surface area contributed by atoms with Crippen molar-refractivity contribution in [1.29, 1.82) is 0 Å². The predicted molar refractivity (Wildman–Crippen MR) is 49.4 cm³/mol. The molecular weight excluding hydrogens is 222 g/mol. The summed E-state index contributed by atoms with van der Waals surface area (Å²) in [7, 11) is -0.518. The Labute approximate surface area is 93.4 Å². The minimum Gasteiger partial charge on any atom is -0.309 e. The molecule has 0 saturated carbocycles. The summed E-state index contributed by atoms with van der Waals surface area (Å²) >= 11 is 0. The van der Waals surface area contributed by atoms with E-state index < -0.39 is 10.2 Å². The van der Waals surface area contributed by atoms with E-state index >= 15 is 0 Å². The summed E-state index contributed by atoms with van der Waals surface area (Å²) in [6.45, 7) is 11.5. The zero-order valence-electron chi connectivity index (χ0n) is 9.91. The fraction of sp³-hybridized carbons (Fsp3) is 0.778. The zero-order chi connectivity index (χ0) is 12.9. The Morgan fingerprint density at radius 2 is 1.60 bits per heavy atom. The second-order valence-corrected chi connectivity index (χ2v) is 5.09. The Morgan fingerprint density at radius 1 is 1.33 bits per heavy atom. The molecule has 0 aromatic carbocycles. The van der Waals surface area contributed by atoms with E-state index in [4.69, 9.17) is 18.6 Å². The molecule has 92 valence electrons. The van der Waals surface area contributed by atoms with Gasteiger partial charge in [-0.15, -0.1) is 0 Å². The summed E-state index contributed by atoms with van der Waals surface area (Å²) < 4.78 is 32.7. The highest BCUT2D eigenvalue weighted by molar-refractivity contribution is 5.03. The highest BCUT2D eigenvalue weighted by Crippen LogP contribution is 2.24. The van der Waals surface area contributed by atoms with Crippen molar-refractivity contribution in [3.05, 3.63) is 12.2 Å². The highest BCUT2D eigenvalue weighted by Gasteiger charge is 2.18. The monoisotopic (exact) mass is 241 g/mol. The Hall–Kier alpha value is -0.170. The topological polar surface area (TPSA) is 92.7 Å². The molecule has 0 heterocycles. The van der Waals surface area contributed by atoms with Crippen LogP contribution in [0.3, 0.4) is 0 Å². The van der Waals surface area contributed by atoms with Crippen molar-refractivity contribution in [1.82, 2.24) is 4.90 Å². The van der Waals surface area contributed by atoms with Gasteiger partial charge < -0.3 is 4.90 Å². The molecule has 0 rings (SSSR count). The second-order valence-electron chi connectivity index (χ2n) is 4.30. The fourth-order valence-electron chi connectivity index (χ4n) is 0.926. The minimum atomic E-state index is -4.69. The quantitative estimate of drug-likeness (QED) is 0.579. The van der Waals surface area contributed by atoms with Gasteiger partial charge in [-0.05, 0) is 26.4 Å². The van der Waals surface area contributed by atoms with E-state index in [0.29, 0.717) is 0 Å². The van der Waals surface area contributed by atoms with Gasteiger partial charge in [0.2, 0.25) is 0 Å². The van der Waals surface area contributed by atoms with Gasteiger partial charge in [-0.25, -0.2) is 0 Å². The number of nitrogens with zero attached hydrogens (tertiary/aromatic N) is 1. The van der Waals surface area contributed by atoms with Crippen LogP contribution in [0.2, 0.25) is 0 Å². The summed E-state index contributed by atoms with van der Waals surface area (Å²) in [6.07, 6.45) is 0. The Morgan fingerprint density at radius 3 is 1.67 bits per heavy atom. The maximum Gasteiger partial charge on any atom is 0.0777 e. The van der Waals surface area contributed by atoms with Crippen LogP contribution in [-0.4, -0.2) is 30.2 Å². The molecule has 15 heavy (non-hydrogen) atoms. The van der Waals surface area contributed by atoms with Crippen LogP contribution in [0, 0.1) is 15.7 Å². The third-order valence-electron chi connectivity index (χ3n) is 1.87. The first-order chi connectivity index (χ1) is 6.36. The summed E-state index contributed by atoms with van der Waals surface area (Å²) in [6, 6.07) is 0. The van der Waals surface area contributed by atoms with E-state index in [-0.39, 0.29) is 5.41 Å². The lowest BCUT2D eigenvalue weighted by Gasteiger charge is -2.28. The van der Waals surface area contributed by atoms with Gasteiger partial charge in [0.15, 0.2) is 0 Å². The van der Waals surface area contributed by atoms with Gasteiger partial charge >= 0.3 is 0 Å². The van der Waals surface area contributed by atoms with Gasteiger partial charge in [0.1, 0.15) is 0 Å². The summed E-state index contributed by atoms with van der Waals surface area (Å²) in [5, 5.41) is 0. The Balaban J connectivity index is 0. The number of halogens is 1. The second kappa shape index (κ2) is 6.42. The number of rotatable bonds is 3. The number of hydrogen-bond donors (Lipinski definition) is 1. The lowest BCUT2D eigenvalue weighted by Crippen LogP contribution is -2.58. The van der Waals surface area contributed by atoms with Crippen molar-refractivity contribution in [3.8, 4) is 0 Å². The lowest BCUT2D eigenvalue weighted by atomic mass is 9.86. The van der Waals surface area contributed by atoms with Crippen LogP contribution < -0.4 is 14.0 Å². The standard InChI is InChI=1S/C9H19N.ClHO4/c1-8(2)9(3,4)7-10(5)6;2-1(3,4)5/h1,7H2,2-6H3;(H,2,3,4,5). The van der Waals surface area contributed by atoms with Gasteiger partial charge in [-0.1, -0.05) is 26.0 Å². The molecular formula is C9H20ClNO4. The first kappa shape index (κ1) is 17.2. The van der Waals surface area contributed by atoms with Crippen LogP contribution in [0.25, 0.3) is 0 Å². The molecule has 0 aliphatic carbocycles. The van der Waals surface area contributed by atoms with Crippen molar-refractivity contribution >= 4 is 0 Å². The molecule has 0 bridgehead atoms. The average molecular weight is 242 g/mol. The van der Waals surface area contributed by atoms with Crippen molar-refractivity contribution in [3.63, 3.8) is 0 Å².